The average molecular weight is 239 g/mol. The Bertz CT molecular complexity index is 374. The van der Waals surface area contributed by atoms with Crippen molar-refractivity contribution in [1.29, 1.82) is 0 Å². The van der Waals surface area contributed by atoms with Crippen molar-refractivity contribution >= 4 is 11.6 Å². The predicted octanol–water partition coefficient (Wildman–Crippen LogP) is 0.404. The lowest BCUT2D eigenvalue weighted by Crippen LogP contribution is -2.44. The van der Waals surface area contributed by atoms with Crippen LogP contribution in [0.1, 0.15) is 24.3 Å². The van der Waals surface area contributed by atoms with Crippen LogP contribution in [-0.2, 0) is 0 Å². The largest absolute Gasteiger partial charge is 0.396 e. The lowest BCUT2D eigenvalue weighted by atomic mass is 10.2. The normalized spacial score (nSPS) is 12.8. The number of nitrogen functional groups attached to an aromatic ring is 1. The summed E-state index contributed by atoms with van der Waals surface area (Å²) < 4.78 is 0. The van der Waals surface area contributed by atoms with Crippen molar-refractivity contribution in [2.24, 2.45) is 0 Å². The number of carbonyl (C=O) groups is 1. The minimum absolute atomic E-state index is 0.100. The lowest BCUT2D eigenvalue weighted by molar-refractivity contribution is 0.0674. The van der Waals surface area contributed by atoms with E-state index in [-0.39, 0.29) is 11.9 Å². The van der Waals surface area contributed by atoms with Crippen LogP contribution in [0.25, 0.3) is 0 Å². The number of carbonyl (C=O) groups excluding carboxylic acids is 1. The molecule has 0 saturated carbocycles. The van der Waals surface area contributed by atoms with Gasteiger partial charge in [-0.25, -0.2) is 0 Å². The maximum atomic E-state index is 12.2. The molecule has 1 aromatic heterocycles. The van der Waals surface area contributed by atoms with Crippen LogP contribution in [0.3, 0.4) is 0 Å². The standard InChI is InChI=1S/C11H21N5O/c1-5-16(8(2)7-15(3)4)11(17)10-9(12)6-13-14-10/h6,8H,5,7,12H2,1-4H3,(H,13,14). The van der Waals surface area contributed by atoms with E-state index >= 15 is 0 Å². The summed E-state index contributed by atoms with van der Waals surface area (Å²) in [7, 11) is 3.97. The zero-order chi connectivity index (χ0) is 13.0. The highest BCUT2D eigenvalue weighted by Gasteiger charge is 2.23. The quantitative estimate of drug-likeness (QED) is 0.780. The summed E-state index contributed by atoms with van der Waals surface area (Å²) in [5, 5.41) is 6.42. The molecule has 96 valence electrons. The van der Waals surface area contributed by atoms with E-state index in [9.17, 15) is 4.79 Å². The molecular formula is C11H21N5O. The van der Waals surface area contributed by atoms with Gasteiger partial charge in [0.2, 0.25) is 0 Å². The molecule has 0 saturated heterocycles. The van der Waals surface area contributed by atoms with Crippen LogP contribution in [-0.4, -0.2) is 59.1 Å². The van der Waals surface area contributed by atoms with Crippen molar-refractivity contribution < 1.29 is 4.79 Å². The number of aromatic nitrogens is 2. The minimum atomic E-state index is -0.100. The van der Waals surface area contributed by atoms with E-state index in [4.69, 9.17) is 5.73 Å². The van der Waals surface area contributed by atoms with Gasteiger partial charge < -0.3 is 15.5 Å². The number of nitrogens with two attached hydrogens (primary N) is 1. The number of aromatic amines is 1. The Hall–Kier alpha value is -1.56. The summed E-state index contributed by atoms with van der Waals surface area (Å²) in [6.07, 6.45) is 1.46. The molecule has 0 radical (unpaired) electrons. The zero-order valence-electron chi connectivity index (χ0n) is 10.9. The molecule has 0 aromatic carbocycles. The molecule has 17 heavy (non-hydrogen) atoms. The zero-order valence-corrected chi connectivity index (χ0v) is 10.9. The van der Waals surface area contributed by atoms with Gasteiger partial charge in [0.05, 0.1) is 11.9 Å². The number of anilines is 1. The van der Waals surface area contributed by atoms with Gasteiger partial charge in [-0.15, -0.1) is 0 Å². The first-order valence-corrected chi connectivity index (χ1v) is 5.71. The third kappa shape index (κ3) is 3.20. The molecule has 0 fully saturated rings. The van der Waals surface area contributed by atoms with Gasteiger partial charge in [0.25, 0.3) is 5.91 Å². The van der Waals surface area contributed by atoms with E-state index < -0.39 is 0 Å². The molecule has 1 rings (SSSR count). The molecular weight excluding hydrogens is 218 g/mol. The Balaban J connectivity index is 2.81. The number of H-pyrrole nitrogens is 1. The van der Waals surface area contributed by atoms with Crippen LogP contribution >= 0.6 is 0 Å². The molecule has 0 spiro atoms. The van der Waals surface area contributed by atoms with E-state index in [1.807, 2.05) is 27.9 Å². The molecule has 1 unspecified atom stereocenters. The molecule has 0 aliphatic heterocycles. The Kier molecular flexibility index (Phi) is 4.51. The summed E-state index contributed by atoms with van der Waals surface area (Å²) in [6, 6.07) is 0.130. The number of rotatable bonds is 5. The first-order valence-electron chi connectivity index (χ1n) is 5.71. The molecule has 6 nitrogen and oxygen atoms in total. The second kappa shape index (κ2) is 5.67. The second-order valence-electron chi connectivity index (χ2n) is 4.40. The van der Waals surface area contributed by atoms with Crippen molar-refractivity contribution in [3.63, 3.8) is 0 Å². The van der Waals surface area contributed by atoms with Crippen LogP contribution in [0, 0.1) is 0 Å². The smallest absolute Gasteiger partial charge is 0.274 e. The SMILES string of the molecule is CCN(C(=O)c1[nH]ncc1N)C(C)CN(C)C. The summed E-state index contributed by atoms with van der Waals surface area (Å²) in [5.41, 5.74) is 6.45. The third-order valence-electron chi connectivity index (χ3n) is 2.65. The van der Waals surface area contributed by atoms with Crippen molar-refractivity contribution in [2.45, 2.75) is 19.9 Å². The van der Waals surface area contributed by atoms with Crippen molar-refractivity contribution in [3.8, 4) is 0 Å². The molecule has 3 N–H and O–H groups in total. The van der Waals surface area contributed by atoms with Crippen LogP contribution in [0.5, 0.6) is 0 Å². The van der Waals surface area contributed by atoms with Crippen LogP contribution < -0.4 is 5.73 Å². The van der Waals surface area contributed by atoms with E-state index in [2.05, 4.69) is 15.1 Å². The van der Waals surface area contributed by atoms with E-state index in [1.54, 1.807) is 4.90 Å². The Morgan fingerprint density at radius 2 is 2.24 bits per heavy atom. The van der Waals surface area contributed by atoms with Crippen molar-refractivity contribution in [3.05, 3.63) is 11.9 Å². The molecule has 6 heteroatoms. The number of amides is 1. The fourth-order valence-corrected chi connectivity index (χ4v) is 1.89. The Morgan fingerprint density at radius 1 is 1.59 bits per heavy atom. The number of nitrogens with zero attached hydrogens (tertiary/aromatic N) is 3. The highest BCUT2D eigenvalue weighted by molar-refractivity contribution is 5.97. The van der Waals surface area contributed by atoms with Crippen LogP contribution in [0.15, 0.2) is 6.20 Å². The Morgan fingerprint density at radius 3 is 2.65 bits per heavy atom. The van der Waals surface area contributed by atoms with Gasteiger partial charge >= 0.3 is 0 Å². The highest BCUT2D eigenvalue weighted by atomic mass is 16.2. The maximum absolute atomic E-state index is 12.2. The fourth-order valence-electron chi connectivity index (χ4n) is 1.89. The lowest BCUT2D eigenvalue weighted by Gasteiger charge is -2.29. The molecule has 1 amide bonds. The summed E-state index contributed by atoms with van der Waals surface area (Å²) in [4.78, 5) is 16.1. The van der Waals surface area contributed by atoms with E-state index in [0.29, 0.717) is 17.9 Å². The topological polar surface area (TPSA) is 78.2 Å². The van der Waals surface area contributed by atoms with Crippen molar-refractivity contribution in [1.82, 2.24) is 20.0 Å². The van der Waals surface area contributed by atoms with Gasteiger partial charge in [0.15, 0.2) is 0 Å². The fraction of sp³-hybridized carbons (Fsp3) is 0.636. The highest BCUT2D eigenvalue weighted by Crippen LogP contribution is 2.12. The van der Waals surface area contributed by atoms with Crippen LogP contribution in [0.2, 0.25) is 0 Å². The summed E-state index contributed by atoms with van der Waals surface area (Å²) >= 11 is 0. The van der Waals surface area contributed by atoms with Gasteiger partial charge in [-0.2, -0.15) is 5.10 Å². The van der Waals surface area contributed by atoms with Gasteiger partial charge in [-0.1, -0.05) is 0 Å². The number of hydrogen-bond acceptors (Lipinski definition) is 4. The van der Waals surface area contributed by atoms with Gasteiger partial charge in [-0.05, 0) is 27.9 Å². The molecule has 0 bridgehead atoms. The van der Waals surface area contributed by atoms with Crippen LogP contribution in [0.4, 0.5) is 5.69 Å². The summed E-state index contributed by atoms with van der Waals surface area (Å²) in [5.74, 6) is -0.100. The van der Waals surface area contributed by atoms with E-state index in [0.717, 1.165) is 6.54 Å². The number of hydrogen-bond donors (Lipinski definition) is 2. The molecule has 1 atom stereocenters. The first-order chi connectivity index (χ1) is 7.97. The molecule has 1 aromatic rings. The maximum Gasteiger partial charge on any atom is 0.274 e. The molecule has 1 heterocycles. The number of nitrogens with one attached hydrogen (secondary N) is 1. The number of likely N-dealkylation sites (N-methyl/N-ethyl adjacent to an activating group) is 2. The summed E-state index contributed by atoms with van der Waals surface area (Å²) in [6.45, 7) is 5.44. The third-order valence-corrected chi connectivity index (χ3v) is 2.65. The molecule has 0 aliphatic rings. The van der Waals surface area contributed by atoms with Crippen molar-refractivity contribution in [2.75, 3.05) is 32.9 Å². The van der Waals surface area contributed by atoms with Gasteiger partial charge in [-0.3, -0.25) is 9.89 Å². The average Bonchev–Trinajstić information content (AvgIpc) is 2.64. The monoisotopic (exact) mass is 239 g/mol. The van der Waals surface area contributed by atoms with Gasteiger partial charge in [0.1, 0.15) is 5.69 Å². The minimum Gasteiger partial charge on any atom is -0.396 e. The van der Waals surface area contributed by atoms with Gasteiger partial charge in [0, 0.05) is 19.1 Å². The Labute approximate surface area is 102 Å². The van der Waals surface area contributed by atoms with E-state index in [1.165, 1.54) is 6.20 Å². The second-order valence-corrected chi connectivity index (χ2v) is 4.40. The molecule has 0 aliphatic carbocycles. The first kappa shape index (κ1) is 13.5. The predicted molar refractivity (Wildman–Crippen MR) is 67.7 cm³/mol.